The summed E-state index contributed by atoms with van der Waals surface area (Å²) in [5, 5.41) is 7.17. The lowest BCUT2D eigenvalue weighted by molar-refractivity contribution is 0.669. The number of fused-ring (bicyclic) bond motifs is 7. The zero-order chi connectivity index (χ0) is 36.3. The van der Waals surface area contributed by atoms with Crippen LogP contribution in [-0.4, -0.2) is 4.57 Å². The van der Waals surface area contributed by atoms with Gasteiger partial charge in [0.2, 0.25) is 0 Å². The van der Waals surface area contributed by atoms with E-state index in [0.29, 0.717) is 0 Å². The predicted molar refractivity (Wildman–Crippen MR) is 231 cm³/mol. The summed E-state index contributed by atoms with van der Waals surface area (Å²) in [6.45, 7) is 0. The van der Waals surface area contributed by atoms with E-state index in [2.05, 4.69) is 204 Å². The van der Waals surface area contributed by atoms with E-state index in [-0.39, 0.29) is 0 Å². The molecule has 11 rings (SSSR count). The van der Waals surface area contributed by atoms with Gasteiger partial charge in [-0.05, 0) is 100 Å². The molecule has 258 valence electrons. The second-order valence-corrected chi connectivity index (χ2v) is 14.2. The fraction of sp³-hybridized carbons (Fsp3) is 0. The van der Waals surface area contributed by atoms with Gasteiger partial charge in [0.15, 0.2) is 0 Å². The van der Waals surface area contributed by atoms with Crippen LogP contribution in [0, 0.1) is 0 Å². The van der Waals surface area contributed by atoms with Crippen molar-refractivity contribution < 1.29 is 4.42 Å². The van der Waals surface area contributed by atoms with E-state index in [1.54, 1.807) is 0 Å². The summed E-state index contributed by atoms with van der Waals surface area (Å²) in [5.41, 5.74) is 13.3. The van der Waals surface area contributed by atoms with Gasteiger partial charge in [0.05, 0.1) is 16.7 Å². The number of nitrogens with zero attached hydrogens (tertiary/aromatic N) is 2. The summed E-state index contributed by atoms with van der Waals surface area (Å²) in [7, 11) is 0. The van der Waals surface area contributed by atoms with Gasteiger partial charge in [0, 0.05) is 44.2 Å². The summed E-state index contributed by atoms with van der Waals surface area (Å²) in [4.78, 5) is 2.34. The molecule has 0 unspecified atom stereocenters. The molecule has 0 N–H and O–H groups in total. The van der Waals surface area contributed by atoms with Crippen LogP contribution >= 0.6 is 0 Å². The number of hydrogen-bond acceptors (Lipinski definition) is 2. The van der Waals surface area contributed by atoms with Gasteiger partial charge in [-0.1, -0.05) is 133 Å². The standard InChI is InChI=1S/C52H34N2O/c1-2-13-38-33-41(29-26-35(38)12-1)53(42-30-31-52-47(34-42)46-19-6-10-23-51(46)55-52)40-27-24-36(25-28-40)37-14-11-15-39(32-37)43-16-3-7-20-48(43)54-49-21-8-4-17-44(49)45-18-5-9-22-50(45)54/h1-34H. The molecule has 9 aromatic carbocycles. The molecule has 0 aliphatic heterocycles. The second kappa shape index (κ2) is 12.6. The molecule has 0 saturated carbocycles. The smallest absolute Gasteiger partial charge is 0.135 e. The van der Waals surface area contributed by atoms with E-state index >= 15 is 0 Å². The van der Waals surface area contributed by atoms with Crippen molar-refractivity contribution >= 4 is 71.6 Å². The lowest BCUT2D eigenvalue weighted by atomic mass is 9.97. The molecule has 0 amide bonds. The Balaban J connectivity index is 1.01. The maximum atomic E-state index is 6.21. The lowest BCUT2D eigenvalue weighted by Crippen LogP contribution is -2.09. The van der Waals surface area contributed by atoms with Gasteiger partial charge >= 0.3 is 0 Å². The van der Waals surface area contributed by atoms with Crippen LogP contribution in [0.15, 0.2) is 211 Å². The first-order valence-electron chi connectivity index (χ1n) is 18.8. The number of furan rings is 1. The van der Waals surface area contributed by atoms with Crippen molar-refractivity contribution in [2.45, 2.75) is 0 Å². The molecule has 2 aromatic heterocycles. The van der Waals surface area contributed by atoms with Gasteiger partial charge in [-0.3, -0.25) is 0 Å². The molecule has 0 radical (unpaired) electrons. The highest BCUT2D eigenvalue weighted by atomic mass is 16.3. The number of benzene rings is 9. The maximum Gasteiger partial charge on any atom is 0.135 e. The van der Waals surface area contributed by atoms with Crippen LogP contribution in [0.2, 0.25) is 0 Å². The first-order valence-corrected chi connectivity index (χ1v) is 18.8. The third-order valence-corrected chi connectivity index (χ3v) is 11.0. The molecule has 0 atom stereocenters. The molecule has 2 heterocycles. The average molecular weight is 703 g/mol. The van der Waals surface area contributed by atoms with Crippen molar-refractivity contribution in [2.24, 2.45) is 0 Å². The van der Waals surface area contributed by atoms with Gasteiger partial charge in [-0.2, -0.15) is 0 Å². The van der Waals surface area contributed by atoms with Crippen LogP contribution in [0.1, 0.15) is 0 Å². The number of anilines is 3. The van der Waals surface area contributed by atoms with Crippen molar-refractivity contribution in [1.29, 1.82) is 0 Å². The third-order valence-electron chi connectivity index (χ3n) is 11.0. The van der Waals surface area contributed by atoms with Gasteiger partial charge in [0.1, 0.15) is 11.2 Å². The Morgan fingerprint density at radius 2 is 0.945 bits per heavy atom. The quantitative estimate of drug-likeness (QED) is 0.172. The van der Waals surface area contributed by atoms with E-state index in [1.165, 1.54) is 55.0 Å². The largest absolute Gasteiger partial charge is 0.456 e. The Morgan fingerprint density at radius 1 is 0.345 bits per heavy atom. The number of hydrogen-bond donors (Lipinski definition) is 0. The SMILES string of the molecule is c1cc(-c2ccc(N(c3ccc4ccccc4c3)c3ccc4oc5ccccc5c4c3)cc2)cc(-c2ccccc2-n2c3ccccc3c3ccccc32)c1. The van der Waals surface area contributed by atoms with Crippen molar-refractivity contribution in [3.05, 3.63) is 206 Å². The van der Waals surface area contributed by atoms with Crippen LogP contribution in [-0.2, 0) is 0 Å². The molecule has 11 aromatic rings. The molecule has 55 heavy (non-hydrogen) atoms. The van der Waals surface area contributed by atoms with Gasteiger partial charge in [-0.15, -0.1) is 0 Å². The summed E-state index contributed by atoms with van der Waals surface area (Å²) in [6.07, 6.45) is 0. The predicted octanol–water partition coefficient (Wildman–Crippen LogP) is 14.6. The molecule has 0 saturated heterocycles. The first kappa shape index (κ1) is 31.2. The third kappa shape index (κ3) is 5.20. The fourth-order valence-electron chi connectivity index (χ4n) is 8.38. The van der Waals surface area contributed by atoms with Crippen LogP contribution < -0.4 is 4.90 Å². The highest BCUT2D eigenvalue weighted by Gasteiger charge is 2.18. The van der Waals surface area contributed by atoms with Crippen molar-refractivity contribution in [2.75, 3.05) is 4.90 Å². The number of aromatic nitrogens is 1. The first-order chi connectivity index (χ1) is 27.3. The second-order valence-electron chi connectivity index (χ2n) is 14.2. The molecule has 0 bridgehead atoms. The topological polar surface area (TPSA) is 21.3 Å². The molecule has 0 aliphatic carbocycles. The average Bonchev–Trinajstić information content (AvgIpc) is 3.80. The summed E-state index contributed by atoms with van der Waals surface area (Å²) >= 11 is 0. The summed E-state index contributed by atoms with van der Waals surface area (Å²) < 4.78 is 8.62. The molecular weight excluding hydrogens is 669 g/mol. The molecule has 0 spiro atoms. The van der Waals surface area contributed by atoms with Crippen LogP contribution in [0.3, 0.4) is 0 Å². The van der Waals surface area contributed by atoms with Crippen LogP contribution in [0.4, 0.5) is 17.1 Å². The minimum absolute atomic E-state index is 0.887. The Labute approximate surface area is 318 Å². The van der Waals surface area contributed by atoms with Crippen molar-refractivity contribution in [3.63, 3.8) is 0 Å². The Morgan fingerprint density at radius 3 is 1.76 bits per heavy atom. The highest BCUT2D eigenvalue weighted by molar-refractivity contribution is 6.10. The van der Waals surface area contributed by atoms with Crippen LogP contribution in [0.25, 0.3) is 82.5 Å². The molecule has 3 heteroatoms. The normalized spacial score (nSPS) is 11.6. The number of rotatable bonds is 6. The molecule has 3 nitrogen and oxygen atoms in total. The minimum atomic E-state index is 0.887. The highest BCUT2D eigenvalue weighted by Crippen LogP contribution is 2.41. The summed E-state index contributed by atoms with van der Waals surface area (Å²) in [5.74, 6) is 0. The lowest BCUT2D eigenvalue weighted by Gasteiger charge is -2.26. The van der Waals surface area contributed by atoms with E-state index in [0.717, 1.165) is 44.6 Å². The van der Waals surface area contributed by atoms with Crippen molar-refractivity contribution in [1.82, 2.24) is 4.57 Å². The van der Waals surface area contributed by atoms with E-state index in [1.807, 2.05) is 12.1 Å². The monoisotopic (exact) mass is 702 g/mol. The van der Waals surface area contributed by atoms with E-state index in [4.69, 9.17) is 4.42 Å². The zero-order valence-corrected chi connectivity index (χ0v) is 29.9. The Kier molecular flexibility index (Phi) is 7.17. The molecule has 0 fully saturated rings. The summed E-state index contributed by atoms with van der Waals surface area (Å²) in [6, 6.07) is 74.0. The maximum absolute atomic E-state index is 6.21. The number of para-hydroxylation sites is 4. The fourth-order valence-corrected chi connectivity index (χ4v) is 8.38. The van der Waals surface area contributed by atoms with Gasteiger partial charge < -0.3 is 13.9 Å². The zero-order valence-electron chi connectivity index (χ0n) is 29.9. The Hall–Kier alpha value is -7.36. The van der Waals surface area contributed by atoms with Gasteiger partial charge in [0.25, 0.3) is 0 Å². The minimum Gasteiger partial charge on any atom is -0.456 e. The molecule has 0 aliphatic rings. The Bertz CT molecular complexity index is 3170. The van der Waals surface area contributed by atoms with Crippen molar-refractivity contribution in [3.8, 4) is 27.9 Å². The van der Waals surface area contributed by atoms with Crippen LogP contribution in [0.5, 0.6) is 0 Å². The van der Waals surface area contributed by atoms with Gasteiger partial charge in [-0.25, -0.2) is 0 Å². The van der Waals surface area contributed by atoms with E-state index < -0.39 is 0 Å². The molecular formula is C52H34N2O. The van der Waals surface area contributed by atoms with E-state index in [9.17, 15) is 0 Å².